The molecule has 2 fully saturated rings. The van der Waals surface area contributed by atoms with E-state index in [0.29, 0.717) is 12.5 Å². The smallest absolute Gasteiger partial charge is 0.315 e. The zero-order valence-corrected chi connectivity index (χ0v) is 11.1. The van der Waals surface area contributed by atoms with Gasteiger partial charge in [0.2, 0.25) is 0 Å². The molecule has 0 bridgehead atoms. The summed E-state index contributed by atoms with van der Waals surface area (Å²) in [6.45, 7) is 0. The number of hydrogen-bond acceptors (Lipinski definition) is 2. The van der Waals surface area contributed by atoms with E-state index in [-0.39, 0.29) is 24.9 Å². The van der Waals surface area contributed by atoms with E-state index in [2.05, 4.69) is 10.2 Å². The monoisotopic (exact) mass is 264 g/mol. The molecule has 0 unspecified atom stereocenters. The SMILES string of the molecule is CN[C@H]1CC[C@H](C(F)(F)F)C[C@@H]1N(C)C1CCC1. The van der Waals surface area contributed by atoms with Crippen molar-refractivity contribution in [2.45, 2.75) is 62.8 Å². The molecule has 2 saturated carbocycles. The van der Waals surface area contributed by atoms with E-state index in [4.69, 9.17) is 0 Å². The van der Waals surface area contributed by atoms with Crippen LogP contribution in [0.2, 0.25) is 0 Å². The lowest BCUT2D eigenvalue weighted by Gasteiger charge is -2.47. The van der Waals surface area contributed by atoms with Crippen molar-refractivity contribution in [3.8, 4) is 0 Å². The number of likely N-dealkylation sites (N-methyl/N-ethyl adjacent to an activating group) is 2. The Morgan fingerprint density at radius 3 is 2.22 bits per heavy atom. The number of nitrogens with zero attached hydrogens (tertiary/aromatic N) is 1. The number of rotatable bonds is 3. The fourth-order valence-electron chi connectivity index (χ4n) is 3.30. The molecule has 0 aromatic carbocycles. The van der Waals surface area contributed by atoms with Crippen LogP contribution in [0.4, 0.5) is 13.2 Å². The molecule has 0 heterocycles. The highest BCUT2D eigenvalue weighted by molar-refractivity contribution is 4.94. The summed E-state index contributed by atoms with van der Waals surface area (Å²) in [5, 5.41) is 3.20. The van der Waals surface area contributed by atoms with Crippen molar-refractivity contribution >= 4 is 0 Å². The van der Waals surface area contributed by atoms with Crippen LogP contribution in [0, 0.1) is 5.92 Å². The molecule has 2 rings (SSSR count). The Bertz CT molecular complexity index is 276. The van der Waals surface area contributed by atoms with Crippen LogP contribution in [0.1, 0.15) is 38.5 Å². The van der Waals surface area contributed by atoms with E-state index < -0.39 is 12.1 Å². The minimum absolute atomic E-state index is 0.0284. The Morgan fingerprint density at radius 2 is 1.78 bits per heavy atom. The summed E-state index contributed by atoms with van der Waals surface area (Å²) in [4.78, 5) is 2.20. The second-order valence-corrected chi connectivity index (χ2v) is 5.76. The summed E-state index contributed by atoms with van der Waals surface area (Å²) in [5.74, 6) is -1.12. The van der Waals surface area contributed by atoms with Gasteiger partial charge < -0.3 is 5.32 Å². The number of nitrogens with one attached hydrogen (secondary N) is 1. The molecule has 0 aromatic heterocycles. The second kappa shape index (κ2) is 5.37. The van der Waals surface area contributed by atoms with E-state index >= 15 is 0 Å². The van der Waals surface area contributed by atoms with Crippen LogP contribution in [-0.4, -0.2) is 43.3 Å². The zero-order chi connectivity index (χ0) is 13.3. The Morgan fingerprint density at radius 1 is 1.11 bits per heavy atom. The van der Waals surface area contributed by atoms with Gasteiger partial charge in [-0.3, -0.25) is 4.90 Å². The highest BCUT2D eigenvalue weighted by atomic mass is 19.4. The van der Waals surface area contributed by atoms with Crippen molar-refractivity contribution in [3.63, 3.8) is 0 Å². The van der Waals surface area contributed by atoms with Crippen molar-refractivity contribution in [2.24, 2.45) is 5.92 Å². The largest absolute Gasteiger partial charge is 0.391 e. The lowest BCUT2D eigenvalue weighted by atomic mass is 9.79. The topological polar surface area (TPSA) is 15.3 Å². The normalized spacial score (nSPS) is 34.7. The molecule has 18 heavy (non-hydrogen) atoms. The highest BCUT2D eigenvalue weighted by Gasteiger charge is 2.46. The van der Waals surface area contributed by atoms with Crippen LogP contribution < -0.4 is 5.32 Å². The van der Waals surface area contributed by atoms with E-state index in [1.54, 1.807) is 0 Å². The third kappa shape index (κ3) is 2.82. The molecule has 2 nitrogen and oxygen atoms in total. The van der Waals surface area contributed by atoms with Crippen molar-refractivity contribution < 1.29 is 13.2 Å². The molecular weight excluding hydrogens is 241 g/mol. The summed E-state index contributed by atoms with van der Waals surface area (Å²) >= 11 is 0. The minimum atomic E-state index is -4.03. The van der Waals surface area contributed by atoms with Crippen LogP contribution in [0.5, 0.6) is 0 Å². The van der Waals surface area contributed by atoms with Gasteiger partial charge in [-0.1, -0.05) is 6.42 Å². The second-order valence-electron chi connectivity index (χ2n) is 5.76. The number of hydrogen-bond donors (Lipinski definition) is 1. The summed E-state index contributed by atoms with van der Waals surface area (Å²) in [6, 6.07) is 0.729. The van der Waals surface area contributed by atoms with Gasteiger partial charge in [0.05, 0.1) is 5.92 Å². The summed E-state index contributed by atoms with van der Waals surface area (Å²) < 4.78 is 38.6. The van der Waals surface area contributed by atoms with Crippen LogP contribution >= 0.6 is 0 Å². The molecule has 2 aliphatic rings. The average molecular weight is 264 g/mol. The number of alkyl halides is 3. The Balaban J connectivity index is 2.02. The lowest BCUT2D eigenvalue weighted by molar-refractivity contribution is -0.189. The minimum Gasteiger partial charge on any atom is -0.315 e. The molecule has 3 atom stereocenters. The van der Waals surface area contributed by atoms with Crippen molar-refractivity contribution in [1.82, 2.24) is 10.2 Å². The Labute approximate surface area is 107 Å². The predicted molar refractivity (Wildman–Crippen MR) is 65.4 cm³/mol. The summed E-state index contributed by atoms with van der Waals surface area (Å²) in [6.07, 6.45) is 0.612. The van der Waals surface area contributed by atoms with E-state index in [0.717, 1.165) is 12.8 Å². The Kier molecular flexibility index (Phi) is 4.22. The number of halogens is 3. The van der Waals surface area contributed by atoms with Gasteiger partial charge in [0.25, 0.3) is 0 Å². The van der Waals surface area contributed by atoms with E-state index in [1.165, 1.54) is 6.42 Å². The van der Waals surface area contributed by atoms with E-state index in [1.807, 2.05) is 14.1 Å². The highest BCUT2D eigenvalue weighted by Crippen LogP contribution is 2.40. The first kappa shape index (κ1) is 14.1. The van der Waals surface area contributed by atoms with Crippen molar-refractivity contribution in [3.05, 3.63) is 0 Å². The fraction of sp³-hybridized carbons (Fsp3) is 1.00. The molecule has 5 heteroatoms. The Hall–Kier alpha value is -0.290. The van der Waals surface area contributed by atoms with Gasteiger partial charge in [-0.15, -0.1) is 0 Å². The van der Waals surface area contributed by atoms with Gasteiger partial charge in [0.1, 0.15) is 0 Å². The van der Waals surface area contributed by atoms with Gasteiger partial charge in [0.15, 0.2) is 0 Å². The molecule has 2 aliphatic carbocycles. The van der Waals surface area contributed by atoms with Crippen LogP contribution in [0.15, 0.2) is 0 Å². The van der Waals surface area contributed by atoms with Crippen LogP contribution in [0.25, 0.3) is 0 Å². The summed E-state index contributed by atoms with van der Waals surface area (Å²) in [5.41, 5.74) is 0. The van der Waals surface area contributed by atoms with E-state index in [9.17, 15) is 13.2 Å². The van der Waals surface area contributed by atoms with Gasteiger partial charge in [-0.25, -0.2) is 0 Å². The lowest BCUT2D eigenvalue weighted by Crippen LogP contribution is -2.56. The van der Waals surface area contributed by atoms with Gasteiger partial charge >= 0.3 is 6.18 Å². The van der Waals surface area contributed by atoms with Gasteiger partial charge in [0, 0.05) is 18.1 Å². The molecule has 106 valence electrons. The fourth-order valence-corrected chi connectivity index (χ4v) is 3.30. The predicted octanol–water partition coefficient (Wildman–Crippen LogP) is 2.79. The molecule has 0 radical (unpaired) electrons. The molecule has 1 N–H and O–H groups in total. The quantitative estimate of drug-likeness (QED) is 0.843. The first-order chi connectivity index (χ1) is 8.43. The third-order valence-corrected chi connectivity index (χ3v) is 4.82. The first-order valence-electron chi connectivity index (χ1n) is 6.89. The molecule has 0 amide bonds. The first-order valence-corrected chi connectivity index (χ1v) is 6.89. The standard InChI is InChI=1S/C13H23F3N2/c1-17-11-7-6-9(13(14,15)16)8-12(11)18(2)10-4-3-5-10/h9-12,17H,3-8H2,1-2H3/t9-,11-,12-/m0/s1. The maximum absolute atomic E-state index is 12.9. The summed E-state index contributed by atoms with van der Waals surface area (Å²) in [7, 11) is 3.86. The molecule has 0 saturated heterocycles. The maximum atomic E-state index is 12.9. The molecular formula is C13H23F3N2. The molecule has 0 aromatic rings. The average Bonchev–Trinajstić information content (AvgIpc) is 2.24. The van der Waals surface area contributed by atoms with Gasteiger partial charge in [-0.2, -0.15) is 13.2 Å². The van der Waals surface area contributed by atoms with Crippen LogP contribution in [-0.2, 0) is 0 Å². The van der Waals surface area contributed by atoms with Crippen LogP contribution in [0.3, 0.4) is 0 Å². The van der Waals surface area contributed by atoms with Gasteiger partial charge in [-0.05, 0) is 46.2 Å². The van der Waals surface area contributed by atoms with Crippen molar-refractivity contribution in [2.75, 3.05) is 14.1 Å². The zero-order valence-electron chi connectivity index (χ0n) is 11.1. The third-order valence-electron chi connectivity index (χ3n) is 4.82. The maximum Gasteiger partial charge on any atom is 0.391 e. The molecule has 0 aliphatic heterocycles. The van der Waals surface area contributed by atoms with Crippen molar-refractivity contribution in [1.29, 1.82) is 0 Å². The molecule has 0 spiro atoms.